The Labute approximate surface area is 185 Å². The number of nitrogens with zero attached hydrogens (tertiary/aromatic N) is 2. The van der Waals surface area contributed by atoms with Crippen molar-refractivity contribution in [3.63, 3.8) is 0 Å². The second-order valence-corrected chi connectivity index (χ2v) is 8.18. The van der Waals surface area contributed by atoms with Crippen LogP contribution in [0.4, 0.5) is 0 Å². The largest absolute Gasteiger partial charge is 0.384 e. The highest BCUT2D eigenvalue weighted by Crippen LogP contribution is 2.27. The van der Waals surface area contributed by atoms with Crippen LogP contribution in [0, 0.1) is 0 Å². The van der Waals surface area contributed by atoms with E-state index in [1.165, 1.54) is 30.4 Å². The fraction of sp³-hybridized carbons (Fsp3) is 0.440. The number of piperidine rings is 1. The molecule has 0 spiro atoms. The van der Waals surface area contributed by atoms with Crippen LogP contribution in [0.25, 0.3) is 0 Å². The zero-order valence-corrected chi connectivity index (χ0v) is 18.4. The van der Waals surface area contributed by atoms with Crippen molar-refractivity contribution in [1.29, 1.82) is 0 Å². The van der Waals surface area contributed by atoms with Crippen molar-refractivity contribution in [1.82, 2.24) is 10.2 Å². The van der Waals surface area contributed by atoms with Crippen molar-refractivity contribution in [2.24, 2.45) is 10.9 Å². The molecule has 0 bridgehead atoms. The zero-order chi connectivity index (χ0) is 21.9. The van der Waals surface area contributed by atoms with Gasteiger partial charge in [0.2, 0.25) is 0 Å². The maximum absolute atomic E-state index is 12.2. The van der Waals surface area contributed by atoms with Crippen molar-refractivity contribution in [2.75, 3.05) is 26.2 Å². The number of nitrogens with two attached hydrogens (primary N) is 1. The number of hydrogen-bond donors (Lipinski definition) is 2. The molecule has 1 unspecified atom stereocenters. The van der Waals surface area contributed by atoms with Gasteiger partial charge in [-0.15, -0.1) is 0 Å². The van der Waals surface area contributed by atoms with Crippen LogP contribution in [0.15, 0.2) is 65.8 Å². The molecular weight excluding hydrogens is 388 g/mol. The molecule has 166 valence electrons. The minimum absolute atomic E-state index is 0.127. The molecule has 0 radical (unpaired) electrons. The van der Waals surface area contributed by atoms with Crippen LogP contribution in [-0.4, -0.2) is 48.9 Å². The van der Waals surface area contributed by atoms with Gasteiger partial charge in [-0.25, -0.2) is 0 Å². The predicted molar refractivity (Wildman–Crippen MR) is 125 cm³/mol. The Balaban J connectivity index is 1.43. The molecule has 1 heterocycles. The summed E-state index contributed by atoms with van der Waals surface area (Å²) in [4.78, 5) is 19.7. The summed E-state index contributed by atoms with van der Waals surface area (Å²) < 4.78 is 0. The van der Waals surface area contributed by atoms with Gasteiger partial charge in [-0.3, -0.25) is 9.69 Å². The SMILES string of the molecule is CC1CCCCN1CC(N)=NOCC(=O)NCCC(c1ccccc1)c1ccccc1. The van der Waals surface area contributed by atoms with Crippen LogP contribution < -0.4 is 11.1 Å². The third-order valence-corrected chi connectivity index (χ3v) is 5.84. The molecular formula is C25H34N4O2. The summed E-state index contributed by atoms with van der Waals surface area (Å²) in [5, 5.41) is 6.85. The highest BCUT2D eigenvalue weighted by molar-refractivity contribution is 5.82. The van der Waals surface area contributed by atoms with Gasteiger partial charge in [-0.1, -0.05) is 72.2 Å². The quantitative estimate of drug-likeness (QED) is 0.349. The molecule has 6 nitrogen and oxygen atoms in total. The highest BCUT2D eigenvalue weighted by Gasteiger charge is 2.19. The Hall–Kier alpha value is -2.86. The monoisotopic (exact) mass is 422 g/mol. The van der Waals surface area contributed by atoms with Crippen molar-refractivity contribution in [2.45, 2.75) is 44.6 Å². The Kier molecular flexibility index (Phi) is 8.91. The van der Waals surface area contributed by atoms with E-state index in [-0.39, 0.29) is 18.4 Å². The lowest BCUT2D eigenvalue weighted by Crippen LogP contribution is -2.43. The first-order valence-corrected chi connectivity index (χ1v) is 11.2. The van der Waals surface area contributed by atoms with Gasteiger partial charge in [-0.2, -0.15) is 0 Å². The van der Waals surface area contributed by atoms with E-state index in [1.807, 2.05) is 36.4 Å². The van der Waals surface area contributed by atoms with E-state index in [0.29, 0.717) is 25.0 Å². The predicted octanol–water partition coefficient (Wildman–Crippen LogP) is 3.49. The van der Waals surface area contributed by atoms with Crippen LogP contribution in [-0.2, 0) is 9.63 Å². The molecule has 2 aromatic carbocycles. The van der Waals surface area contributed by atoms with E-state index in [1.54, 1.807) is 0 Å². The van der Waals surface area contributed by atoms with Gasteiger partial charge in [0.25, 0.3) is 5.91 Å². The molecule has 1 amide bonds. The molecule has 1 aliphatic heterocycles. The average Bonchev–Trinajstić information content (AvgIpc) is 2.79. The molecule has 3 N–H and O–H groups in total. The van der Waals surface area contributed by atoms with Crippen molar-refractivity contribution in [3.8, 4) is 0 Å². The zero-order valence-electron chi connectivity index (χ0n) is 18.4. The lowest BCUT2D eigenvalue weighted by Gasteiger charge is -2.32. The summed E-state index contributed by atoms with van der Waals surface area (Å²) in [6.07, 6.45) is 4.44. The van der Waals surface area contributed by atoms with Crippen LogP contribution in [0.1, 0.15) is 49.7 Å². The topological polar surface area (TPSA) is 79.9 Å². The lowest BCUT2D eigenvalue weighted by atomic mass is 9.88. The van der Waals surface area contributed by atoms with E-state index < -0.39 is 0 Å². The van der Waals surface area contributed by atoms with Crippen molar-refractivity contribution >= 4 is 11.7 Å². The first kappa shape index (κ1) is 22.8. The fourth-order valence-electron chi connectivity index (χ4n) is 4.11. The van der Waals surface area contributed by atoms with Crippen LogP contribution >= 0.6 is 0 Å². The van der Waals surface area contributed by atoms with Gasteiger partial charge in [0.1, 0.15) is 0 Å². The summed E-state index contributed by atoms with van der Waals surface area (Å²) in [5.41, 5.74) is 8.45. The molecule has 2 aromatic rings. The van der Waals surface area contributed by atoms with Crippen LogP contribution in [0.2, 0.25) is 0 Å². The molecule has 0 aromatic heterocycles. The number of carbonyl (C=O) groups is 1. The summed E-state index contributed by atoms with van der Waals surface area (Å²) in [6, 6.07) is 21.2. The van der Waals surface area contributed by atoms with Gasteiger partial charge in [0.05, 0.1) is 6.54 Å². The number of amidine groups is 1. The molecule has 0 aliphatic carbocycles. The van der Waals surface area contributed by atoms with Crippen molar-refractivity contribution < 1.29 is 9.63 Å². The summed E-state index contributed by atoms with van der Waals surface area (Å²) in [7, 11) is 0. The van der Waals surface area contributed by atoms with Crippen LogP contribution in [0.3, 0.4) is 0 Å². The minimum atomic E-state index is -0.192. The number of nitrogens with one attached hydrogen (secondary N) is 1. The Morgan fingerprint density at radius 1 is 1.13 bits per heavy atom. The number of likely N-dealkylation sites (tertiary alicyclic amines) is 1. The van der Waals surface area contributed by atoms with Crippen LogP contribution in [0.5, 0.6) is 0 Å². The summed E-state index contributed by atoms with van der Waals surface area (Å²) >= 11 is 0. The molecule has 1 aliphatic rings. The maximum atomic E-state index is 12.2. The number of amides is 1. The summed E-state index contributed by atoms with van der Waals surface area (Å²) in [5.74, 6) is 0.446. The van der Waals surface area contributed by atoms with Gasteiger partial charge in [0.15, 0.2) is 12.4 Å². The summed E-state index contributed by atoms with van der Waals surface area (Å²) in [6.45, 7) is 4.25. The number of oxime groups is 1. The Morgan fingerprint density at radius 3 is 2.39 bits per heavy atom. The second kappa shape index (κ2) is 12.1. The third kappa shape index (κ3) is 7.40. The number of hydrogen-bond acceptors (Lipinski definition) is 4. The molecule has 31 heavy (non-hydrogen) atoms. The standard InChI is InChI=1S/C25H34N4O2/c1-20-10-8-9-17-29(20)18-24(26)28-31-19-25(30)27-16-15-23(21-11-4-2-5-12-21)22-13-6-3-7-14-22/h2-7,11-14,20,23H,8-10,15-19H2,1H3,(H2,26,28)(H,27,30). The van der Waals surface area contributed by atoms with Gasteiger partial charge < -0.3 is 15.9 Å². The lowest BCUT2D eigenvalue weighted by molar-refractivity contribution is -0.125. The van der Waals surface area contributed by atoms with Crippen molar-refractivity contribution in [3.05, 3.63) is 71.8 Å². The van der Waals surface area contributed by atoms with Gasteiger partial charge in [-0.05, 0) is 43.9 Å². The number of benzene rings is 2. The second-order valence-electron chi connectivity index (χ2n) is 8.18. The number of carbonyl (C=O) groups excluding carboxylic acids is 1. The van der Waals surface area contributed by atoms with E-state index in [0.717, 1.165) is 13.0 Å². The first-order chi connectivity index (χ1) is 15.1. The maximum Gasteiger partial charge on any atom is 0.260 e. The fourth-order valence-corrected chi connectivity index (χ4v) is 4.11. The van der Waals surface area contributed by atoms with Gasteiger partial charge in [0, 0.05) is 18.5 Å². The van der Waals surface area contributed by atoms with E-state index in [2.05, 4.69) is 46.6 Å². The first-order valence-electron chi connectivity index (χ1n) is 11.2. The van der Waals surface area contributed by atoms with Gasteiger partial charge >= 0.3 is 0 Å². The third-order valence-electron chi connectivity index (χ3n) is 5.84. The molecule has 0 saturated carbocycles. The Bertz CT molecular complexity index is 786. The molecule has 1 atom stereocenters. The molecule has 1 saturated heterocycles. The Morgan fingerprint density at radius 2 is 1.77 bits per heavy atom. The van der Waals surface area contributed by atoms with E-state index in [9.17, 15) is 4.79 Å². The average molecular weight is 423 g/mol. The highest BCUT2D eigenvalue weighted by atomic mass is 16.6. The van der Waals surface area contributed by atoms with E-state index in [4.69, 9.17) is 10.6 Å². The molecule has 3 rings (SSSR count). The normalized spacial score (nSPS) is 17.5. The molecule has 6 heteroatoms. The van der Waals surface area contributed by atoms with E-state index >= 15 is 0 Å². The number of rotatable bonds is 10. The molecule has 1 fully saturated rings. The minimum Gasteiger partial charge on any atom is -0.384 e. The smallest absolute Gasteiger partial charge is 0.260 e.